The van der Waals surface area contributed by atoms with Crippen molar-refractivity contribution in [2.75, 3.05) is 23.3 Å². The van der Waals surface area contributed by atoms with Gasteiger partial charge in [0.1, 0.15) is 0 Å². The molecule has 5 nitrogen and oxygen atoms in total. The second-order valence-electron chi connectivity index (χ2n) is 6.80. The van der Waals surface area contributed by atoms with E-state index in [-0.39, 0.29) is 29.9 Å². The third kappa shape index (κ3) is 5.69. The molecule has 1 aliphatic heterocycles. The number of aliphatic imine (C=N–C) groups is 1. The summed E-state index contributed by atoms with van der Waals surface area (Å²) in [6, 6.07) is 14.3. The molecule has 1 aliphatic rings. The van der Waals surface area contributed by atoms with Gasteiger partial charge in [-0.15, -0.1) is 24.0 Å². The second kappa shape index (κ2) is 9.73. The first-order valence-corrected chi connectivity index (χ1v) is 9.06. The molecule has 0 fully saturated rings. The number of rotatable bonds is 5. The fourth-order valence-corrected chi connectivity index (χ4v) is 3.40. The predicted octanol–water partition coefficient (Wildman–Crippen LogP) is 4.02. The Morgan fingerprint density at radius 1 is 1.19 bits per heavy atom. The molecule has 0 saturated carbocycles. The molecule has 27 heavy (non-hydrogen) atoms. The van der Waals surface area contributed by atoms with Crippen LogP contribution < -0.4 is 16.0 Å². The van der Waals surface area contributed by atoms with E-state index in [1.54, 1.807) is 0 Å². The average molecular weight is 478 g/mol. The summed E-state index contributed by atoms with van der Waals surface area (Å²) in [5.74, 6) is 0.542. The first-order chi connectivity index (χ1) is 12.5. The number of halogens is 1. The number of hydrogen-bond donors (Lipinski definition) is 2. The van der Waals surface area contributed by atoms with E-state index in [2.05, 4.69) is 22.4 Å². The molecule has 0 aromatic heterocycles. The Kier molecular flexibility index (Phi) is 7.65. The van der Waals surface area contributed by atoms with Crippen molar-refractivity contribution in [1.29, 1.82) is 0 Å². The summed E-state index contributed by atoms with van der Waals surface area (Å²) in [6.45, 7) is 5.41. The van der Waals surface area contributed by atoms with Crippen LogP contribution in [0.4, 0.5) is 11.4 Å². The maximum Gasteiger partial charge on any atom is 0.227 e. The van der Waals surface area contributed by atoms with E-state index in [0.717, 1.165) is 24.3 Å². The minimum absolute atomic E-state index is 0. The summed E-state index contributed by atoms with van der Waals surface area (Å²) >= 11 is 0. The van der Waals surface area contributed by atoms with E-state index in [1.807, 2.05) is 49.1 Å². The minimum Gasteiger partial charge on any atom is -0.370 e. The maximum absolute atomic E-state index is 12.4. The van der Waals surface area contributed by atoms with Crippen LogP contribution in [-0.2, 0) is 11.2 Å². The molecular formula is C21H27IN4O. The molecule has 0 saturated heterocycles. The number of nitrogens with two attached hydrogens (primary N) is 1. The number of aryl methyl sites for hydroxylation is 2. The molecule has 3 N–H and O–H groups in total. The van der Waals surface area contributed by atoms with Crippen molar-refractivity contribution in [3.63, 3.8) is 0 Å². The van der Waals surface area contributed by atoms with E-state index < -0.39 is 0 Å². The predicted molar refractivity (Wildman–Crippen MR) is 123 cm³/mol. The first-order valence-electron chi connectivity index (χ1n) is 9.06. The third-order valence-electron chi connectivity index (χ3n) is 4.51. The van der Waals surface area contributed by atoms with E-state index in [9.17, 15) is 4.79 Å². The van der Waals surface area contributed by atoms with Crippen LogP contribution >= 0.6 is 24.0 Å². The van der Waals surface area contributed by atoms with Crippen LogP contribution in [0.15, 0.2) is 47.5 Å². The van der Waals surface area contributed by atoms with E-state index in [1.165, 1.54) is 16.7 Å². The van der Waals surface area contributed by atoms with Gasteiger partial charge in [-0.1, -0.05) is 24.3 Å². The number of guanidine groups is 1. The van der Waals surface area contributed by atoms with Crippen molar-refractivity contribution in [1.82, 2.24) is 0 Å². The largest absolute Gasteiger partial charge is 0.370 e. The van der Waals surface area contributed by atoms with Gasteiger partial charge in [0.15, 0.2) is 5.96 Å². The average Bonchev–Trinajstić information content (AvgIpc) is 3.02. The summed E-state index contributed by atoms with van der Waals surface area (Å²) in [6.07, 6.45) is 2.11. The van der Waals surface area contributed by atoms with Gasteiger partial charge in [-0.05, 0) is 61.6 Å². The number of benzene rings is 2. The number of hydrogen-bond acceptors (Lipinski definition) is 2. The highest BCUT2D eigenvalue weighted by atomic mass is 127. The smallest absolute Gasteiger partial charge is 0.227 e. The van der Waals surface area contributed by atoms with Crippen LogP contribution in [0, 0.1) is 13.8 Å². The summed E-state index contributed by atoms with van der Waals surface area (Å²) in [7, 11) is 0. The van der Waals surface area contributed by atoms with Gasteiger partial charge in [0.25, 0.3) is 0 Å². The highest BCUT2D eigenvalue weighted by Crippen LogP contribution is 2.28. The minimum atomic E-state index is 0. The zero-order chi connectivity index (χ0) is 18.5. The lowest BCUT2D eigenvalue weighted by Crippen LogP contribution is -2.28. The van der Waals surface area contributed by atoms with Gasteiger partial charge in [-0.2, -0.15) is 0 Å². The quantitative estimate of drug-likeness (QED) is 0.295. The van der Waals surface area contributed by atoms with E-state index >= 15 is 0 Å². The van der Waals surface area contributed by atoms with Crippen molar-refractivity contribution in [3.05, 3.63) is 59.2 Å². The topological polar surface area (TPSA) is 70.7 Å². The molecule has 0 atom stereocenters. The zero-order valence-corrected chi connectivity index (χ0v) is 18.2. The SMILES string of the molecule is Cc1cc(C)cc(NC(N)=NCCCC(=O)N2CCc3ccccc32)c1.I. The number of nitrogens with one attached hydrogen (secondary N) is 1. The number of carbonyl (C=O) groups is 1. The molecule has 0 bridgehead atoms. The van der Waals surface area contributed by atoms with Crippen molar-refractivity contribution < 1.29 is 4.79 Å². The monoisotopic (exact) mass is 478 g/mol. The second-order valence-corrected chi connectivity index (χ2v) is 6.80. The summed E-state index contributed by atoms with van der Waals surface area (Å²) in [4.78, 5) is 18.7. The first kappa shape index (κ1) is 21.2. The van der Waals surface area contributed by atoms with Crippen LogP contribution in [0.25, 0.3) is 0 Å². The van der Waals surface area contributed by atoms with Gasteiger partial charge in [-0.3, -0.25) is 9.79 Å². The Morgan fingerprint density at radius 2 is 1.89 bits per heavy atom. The van der Waals surface area contributed by atoms with E-state index in [4.69, 9.17) is 5.73 Å². The van der Waals surface area contributed by atoms with Crippen LogP contribution in [0.1, 0.15) is 29.5 Å². The zero-order valence-electron chi connectivity index (χ0n) is 15.9. The molecule has 0 aliphatic carbocycles. The molecule has 2 aromatic carbocycles. The number of carbonyl (C=O) groups excluding carboxylic acids is 1. The van der Waals surface area contributed by atoms with Gasteiger partial charge in [0, 0.05) is 30.9 Å². The van der Waals surface area contributed by atoms with Gasteiger partial charge in [-0.25, -0.2) is 0 Å². The molecule has 0 spiro atoms. The number of fused-ring (bicyclic) bond motifs is 1. The Bertz CT molecular complexity index is 814. The Labute approximate surface area is 178 Å². The van der Waals surface area contributed by atoms with Crippen molar-refractivity contribution in [3.8, 4) is 0 Å². The van der Waals surface area contributed by atoms with Gasteiger partial charge in [0.05, 0.1) is 0 Å². The van der Waals surface area contributed by atoms with Crippen LogP contribution in [0.2, 0.25) is 0 Å². The fourth-order valence-electron chi connectivity index (χ4n) is 3.40. The number of amides is 1. The number of nitrogens with zero attached hydrogens (tertiary/aromatic N) is 2. The van der Waals surface area contributed by atoms with Crippen molar-refractivity contribution >= 4 is 47.2 Å². The number of anilines is 2. The fraction of sp³-hybridized carbons (Fsp3) is 0.333. The molecule has 6 heteroatoms. The molecule has 0 radical (unpaired) electrons. The lowest BCUT2D eigenvalue weighted by atomic mass is 10.1. The van der Waals surface area contributed by atoms with Crippen LogP contribution in [-0.4, -0.2) is 25.0 Å². The lowest BCUT2D eigenvalue weighted by Gasteiger charge is -2.17. The van der Waals surface area contributed by atoms with E-state index in [0.29, 0.717) is 25.3 Å². The van der Waals surface area contributed by atoms with Crippen molar-refractivity contribution in [2.45, 2.75) is 33.1 Å². The third-order valence-corrected chi connectivity index (χ3v) is 4.51. The Hall–Kier alpha value is -2.09. The maximum atomic E-state index is 12.4. The summed E-state index contributed by atoms with van der Waals surface area (Å²) in [5.41, 5.74) is 11.5. The molecule has 1 amide bonds. The molecule has 1 heterocycles. The molecular weight excluding hydrogens is 451 g/mol. The summed E-state index contributed by atoms with van der Waals surface area (Å²) in [5, 5.41) is 3.11. The Balaban J connectivity index is 0.00000261. The summed E-state index contributed by atoms with van der Waals surface area (Å²) < 4.78 is 0. The standard InChI is InChI=1S/C21H26N4O.HI/c1-15-12-16(2)14-18(13-15)24-21(22)23-10-5-8-20(26)25-11-9-17-6-3-4-7-19(17)25;/h3-4,6-7,12-14H,5,8-11H2,1-2H3,(H3,22,23,24);1H. The normalized spacial score (nSPS) is 13.1. The highest BCUT2D eigenvalue weighted by Gasteiger charge is 2.23. The molecule has 0 unspecified atom stereocenters. The van der Waals surface area contributed by atoms with Crippen LogP contribution in [0.3, 0.4) is 0 Å². The molecule has 2 aromatic rings. The van der Waals surface area contributed by atoms with Crippen LogP contribution in [0.5, 0.6) is 0 Å². The van der Waals surface area contributed by atoms with Crippen molar-refractivity contribution in [2.24, 2.45) is 10.7 Å². The van der Waals surface area contributed by atoms with Gasteiger partial charge < -0.3 is 16.0 Å². The van der Waals surface area contributed by atoms with Gasteiger partial charge in [0.2, 0.25) is 5.91 Å². The molecule has 144 valence electrons. The lowest BCUT2D eigenvalue weighted by molar-refractivity contribution is -0.118. The Morgan fingerprint density at radius 3 is 2.63 bits per heavy atom. The van der Waals surface area contributed by atoms with Gasteiger partial charge >= 0.3 is 0 Å². The highest BCUT2D eigenvalue weighted by molar-refractivity contribution is 14.0. The molecule has 3 rings (SSSR count). The number of para-hydroxylation sites is 1.